The summed E-state index contributed by atoms with van der Waals surface area (Å²) in [6, 6.07) is 0. The van der Waals surface area contributed by atoms with Crippen molar-refractivity contribution >= 4 is 5.97 Å². The molecule has 0 bridgehead atoms. The molecule has 4 nitrogen and oxygen atoms in total. The monoisotopic (exact) mass is 288 g/mol. The fourth-order valence-electron chi connectivity index (χ4n) is 1.81. The van der Waals surface area contributed by atoms with Crippen LogP contribution in [0.5, 0.6) is 0 Å². The van der Waals surface area contributed by atoms with Crippen LogP contribution < -0.4 is 0 Å². The van der Waals surface area contributed by atoms with Gasteiger partial charge in [0.2, 0.25) is 0 Å². The highest BCUT2D eigenvalue weighted by Crippen LogP contribution is 2.07. The fraction of sp³-hybridized carbons (Fsp3) is 0.938. The molecule has 0 radical (unpaired) electrons. The molecule has 4 heteroatoms. The lowest BCUT2D eigenvalue weighted by molar-refractivity contribution is -0.140. The number of esters is 1. The molecule has 0 aliphatic carbocycles. The van der Waals surface area contributed by atoms with Gasteiger partial charge in [0.05, 0.1) is 26.4 Å². The summed E-state index contributed by atoms with van der Waals surface area (Å²) in [7, 11) is 1.44. The maximum absolute atomic E-state index is 10.9. The first kappa shape index (κ1) is 19.4. The Morgan fingerprint density at radius 1 is 0.950 bits per heavy atom. The predicted molar refractivity (Wildman–Crippen MR) is 80.9 cm³/mol. The molecule has 0 heterocycles. The Bertz CT molecular complexity index is 219. The van der Waals surface area contributed by atoms with Crippen LogP contribution in [0.2, 0.25) is 0 Å². The van der Waals surface area contributed by atoms with Gasteiger partial charge in [-0.3, -0.25) is 4.79 Å². The lowest BCUT2D eigenvalue weighted by atomic mass is 10.1. The number of rotatable bonds is 14. The lowest BCUT2D eigenvalue weighted by Crippen LogP contribution is -2.12. The number of unbranched alkanes of at least 4 members (excludes halogenated alkanes) is 5. The van der Waals surface area contributed by atoms with Gasteiger partial charge in [0.1, 0.15) is 0 Å². The topological polar surface area (TPSA) is 44.8 Å². The van der Waals surface area contributed by atoms with Gasteiger partial charge in [-0.25, -0.2) is 0 Å². The average Bonchev–Trinajstić information content (AvgIpc) is 2.47. The van der Waals surface area contributed by atoms with Gasteiger partial charge < -0.3 is 14.2 Å². The Labute approximate surface area is 124 Å². The second kappa shape index (κ2) is 14.8. The zero-order valence-electron chi connectivity index (χ0n) is 13.5. The van der Waals surface area contributed by atoms with Crippen molar-refractivity contribution < 1.29 is 19.0 Å². The number of hydrogen-bond acceptors (Lipinski definition) is 4. The zero-order valence-corrected chi connectivity index (χ0v) is 13.5. The molecule has 0 N–H and O–H groups in total. The summed E-state index contributed by atoms with van der Waals surface area (Å²) in [5, 5.41) is 0. The normalized spacial score (nSPS) is 12.3. The van der Waals surface area contributed by atoms with Gasteiger partial charge in [0.15, 0.2) is 0 Å². The molecule has 1 unspecified atom stereocenters. The highest BCUT2D eigenvalue weighted by Gasteiger charge is 1.99. The third-order valence-corrected chi connectivity index (χ3v) is 3.35. The average molecular weight is 288 g/mol. The Kier molecular flexibility index (Phi) is 14.3. The Morgan fingerprint density at radius 3 is 2.25 bits per heavy atom. The minimum absolute atomic E-state index is 0.0991. The maximum atomic E-state index is 10.9. The zero-order chi connectivity index (χ0) is 15.1. The van der Waals surface area contributed by atoms with E-state index in [1.807, 2.05) is 0 Å². The molecule has 0 aromatic heterocycles. The molecule has 0 saturated heterocycles. The third-order valence-electron chi connectivity index (χ3n) is 3.35. The summed E-state index contributed by atoms with van der Waals surface area (Å²) in [5.74, 6) is -0.0991. The minimum atomic E-state index is -0.0991. The van der Waals surface area contributed by atoms with Crippen LogP contribution in [-0.2, 0) is 19.0 Å². The standard InChI is InChI=1S/C16H32O4/c1-4-15(2)20-14-13-19-12-10-8-6-5-7-9-11-16(17)18-3/h15H,4-14H2,1-3H3. The van der Waals surface area contributed by atoms with E-state index in [2.05, 4.69) is 18.6 Å². The molecule has 0 fully saturated rings. The molecule has 0 spiro atoms. The van der Waals surface area contributed by atoms with Crippen LogP contribution in [0, 0.1) is 0 Å². The number of methoxy groups -OCH3 is 1. The molecule has 1 atom stereocenters. The van der Waals surface area contributed by atoms with Gasteiger partial charge in [-0.1, -0.05) is 32.6 Å². The summed E-state index contributed by atoms with van der Waals surface area (Å²) in [4.78, 5) is 10.9. The van der Waals surface area contributed by atoms with E-state index < -0.39 is 0 Å². The second-order valence-corrected chi connectivity index (χ2v) is 5.15. The van der Waals surface area contributed by atoms with E-state index in [9.17, 15) is 4.79 Å². The molecule has 20 heavy (non-hydrogen) atoms. The largest absolute Gasteiger partial charge is 0.469 e. The van der Waals surface area contributed by atoms with E-state index >= 15 is 0 Å². The summed E-state index contributed by atoms with van der Waals surface area (Å²) in [5.41, 5.74) is 0. The van der Waals surface area contributed by atoms with Crippen molar-refractivity contribution in [3.63, 3.8) is 0 Å². The van der Waals surface area contributed by atoms with E-state index in [1.54, 1.807) is 0 Å². The molecule has 0 rings (SSSR count). The molecular formula is C16H32O4. The van der Waals surface area contributed by atoms with Crippen molar-refractivity contribution in [2.75, 3.05) is 26.9 Å². The van der Waals surface area contributed by atoms with Crippen molar-refractivity contribution in [3.8, 4) is 0 Å². The van der Waals surface area contributed by atoms with Crippen molar-refractivity contribution in [1.29, 1.82) is 0 Å². The first-order chi connectivity index (χ1) is 9.70. The van der Waals surface area contributed by atoms with E-state index in [1.165, 1.54) is 26.4 Å². The SMILES string of the molecule is CCC(C)OCCOCCCCCCCCC(=O)OC. The van der Waals surface area contributed by atoms with Crippen LogP contribution in [-0.4, -0.2) is 39.0 Å². The van der Waals surface area contributed by atoms with Gasteiger partial charge in [-0.15, -0.1) is 0 Å². The van der Waals surface area contributed by atoms with Crippen molar-refractivity contribution in [2.24, 2.45) is 0 Å². The van der Waals surface area contributed by atoms with Gasteiger partial charge in [0.25, 0.3) is 0 Å². The van der Waals surface area contributed by atoms with Gasteiger partial charge in [-0.2, -0.15) is 0 Å². The van der Waals surface area contributed by atoms with E-state index in [4.69, 9.17) is 9.47 Å². The van der Waals surface area contributed by atoms with E-state index in [-0.39, 0.29) is 5.97 Å². The number of carbonyl (C=O) groups is 1. The molecule has 120 valence electrons. The van der Waals surface area contributed by atoms with Crippen LogP contribution in [0.15, 0.2) is 0 Å². The first-order valence-electron chi connectivity index (χ1n) is 7.96. The van der Waals surface area contributed by atoms with Crippen LogP contribution in [0.1, 0.15) is 65.2 Å². The summed E-state index contributed by atoms with van der Waals surface area (Å²) < 4.78 is 15.6. The Hall–Kier alpha value is -0.610. The van der Waals surface area contributed by atoms with Crippen molar-refractivity contribution in [3.05, 3.63) is 0 Å². The fourth-order valence-corrected chi connectivity index (χ4v) is 1.81. The smallest absolute Gasteiger partial charge is 0.305 e. The van der Waals surface area contributed by atoms with E-state index in [0.717, 1.165) is 32.3 Å². The molecule has 0 aliphatic heterocycles. The first-order valence-corrected chi connectivity index (χ1v) is 7.96. The molecular weight excluding hydrogens is 256 g/mol. The van der Waals surface area contributed by atoms with Crippen LogP contribution >= 0.6 is 0 Å². The lowest BCUT2D eigenvalue weighted by Gasteiger charge is -2.10. The maximum Gasteiger partial charge on any atom is 0.305 e. The Balaban J connectivity index is 3.04. The van der Waals surface area contributed by atoms with Crippen LogP contribution in [0.25, 0.3) is 0 Å². The summed E-state index contributed by atoms with van der Waals surface area (Å²) in [6.07, 6.45) is 8.71. The third kappa shape index (κ3) is 13.8. The Morgan fingerprint density at radius 2 is 1.60 bits per heavy atom. The van der Waals surface area contributed by atoms with Gasteiger partial charge >= 0.3 is 5.97 Å². The number of hydrogen-bond donors (Lipinski definition) is 0. The van der Waals surface area contributed by atoms with E-state index in [0.29, 0.717) is 25.7 Å². The molecule has 0 amide bonds. The summed E-state index contributed by atoms with van der Waals surface area (Å²) in [6.45, 7) is 6.43. The predicted octanol–water partition coefficient (Wildman–Crippen LogP) is 3.72. The molecule has 0 aromatic carbocycles. The quantitative estimate of drug-likeness (QED) is 0.361. The van der Waals surface area contributed by atoms with Crippen molar-refractivity contribution in [2.45, 2.75) is 71.3 Å². The van der Waals surface area contributed by atoms with Crippen LogP contribution in [0.4, 0.5) is 0 Å². The highest BCUT2D eigenvalue weighted by molar-refractivity contribution is 5.68. The number of carbonyl (C=O) groups excluding carboxylic acids is 1. The highest BCUT2D eigenvalue weighted by atomic mass is 16.5. The van der Waals surface area contributed by atoms with Gasteiger partial charge in [-0.05, 0) is 26.2 Å². The molecule has 0 aliphatic rings. The second-order valence-electron chi connectivity index (χ2n) is 5.15. The molecule has 0 saturated carbocycles. The van der Waals surface area contributed by atoms with Crippen LogP contribution in [0.3, 0.4) is 0 Å². The minimum Gasteiger partial charge on any atom is -0.469 e. The van der Waals surface area contributed by atoms with Gasteiger partial charge in [0, 0.05) is 13.0 Å². The van der Waals surface area contributed by atoms with Crippen molar-refractivity contribution in [1.82, 2.24) is 0 Å². The summed E-state index contributed by atoms with van der Waals surface area (Å²) >= 11 is 0. The molecule has 0 aromatic rings. The number of ether oxygens (including phenoxy) is 3.